The number of halogens is 1. The maximum atomic E-state index is 16.5. The van der Waals surface area contributed by atoms with Crippen LogP contribution in [0.5, 0.6) is 11.5 Å². The molecule has 4 aromatic rings. The van der Waals surface area contributed by atoms with Crippen molar-refractivity contribution in [3.8, 4) is 22.6 Å². The molecule has 1 unspecified atom stereocenters. The van der Waals surface area contributed by atoms with Crippen LogP contribution < -0.4 is 19.1 Å². The predicted molar refractivity (Wildman–Crippen MR) is 171 cm³/mol. The minimum atomic E-state index is -2.76. The number of hydrogen-bond acceptors (Lipinski definition) is 10. The Morgan fingerprint density at radius 3 is 2.53 bits per heavy atom. The van der Waals surface area contributed by atoms with Gasteiger partial charge in [-0.2, -0.15) is 0 Å². The number of pyridine rings is 2. The van der Waals surface area contributed by atoms with Crippen LogP contribution in [0.25, 0.3) is 22.0 Å². The van der Waals surface area contributed by atoms with Crippen LogP contribution in [-0.4, -0.2) is 75.0 Å². The number of fused-ring (bicyclic) bond motifs is 2. The zero-order valence-electron chi connectivity index (χ0n) is 25.3. The molecular weight excluding hydrogens is 631 g/mol. The molecule has 0 amide bonds. The van der Waals surface area contributed by atoms with E-state index >= 15 is 4.39 Å². The van der Waals surface area contributed by atoms with Gasteiger partial charge in [0, 0.05) is 85.1 Å². The first-order chi connectivity index (χ1) is 22.9. The molecule has 0 spiro atoms. The SMILES string of the molecule is O=C(O)c1cc(Nc2c(N(C3CCOCC3)S(=O)[O-])cnc3cc(-c4cncc5c4OCC5)cc(F)c23)cc(OC2CCOCC2)c1. The average Bonchev–Trinajstić information content (AvgIpc) is 3.56. The highest BCUT2D eigenvalue weighted by Crippen LogP contribution is 2.43. The lowest BCUT2D eigenvalue weighted by molar-refractivity contribution is 0.0255. The van der Waals surface area contributed by atoms with Crippen LogP contribution in [0.2, 0.25) is 0 Å². The molecule has 47 heavy (non-hydrogen) atoms. The van der Waals surface area contributed by atoms with E-state index in [1.807, 2.05) is 0 Å². The van der Waals surface area contributed by atoms with Gasteiger partial charge < -0.3 is 33.9 Å². The number of anilines is 3. The number of carbonyl (C=O) groups is 1. The van der Waals surface area contributed by atoms with Crippen molar-refractivity contribution >= 4 is 45.2 Å². The first-order valence-corrected chi connectivity index (χ1v) is 16.5. The fourth-order valence-corrected chi connectivity index (χ4v) is 7.09. The lowest BCUT2D eigenvalue weighted by Crippen LogP contribution is -2.41. The second-order valence-corrected chi connectivity index (χ2v) is 12.5. The van der Waals surface area contributed by atoms with Crippen LogP contribution in [0.15, 0.2) is 48.9 Å². The van der Waals surface area contributed by atoms with Crippen LogP contribution >= 0.6 is 0 Å². The smallest absolute Gasteiger partial charge is 0.335 e. The van der Waals surface area contributed by atoms with Crippen LogP contribution in [0.4, 0.5) is 21.5 Å². The summed E-state index contributed by atoms with van der Waals surface area (Å²) in [5, 5.41) is 13.1. The molecule has 5 heterocycles. The van der Waals surface area contributed by atoms with E-state index < -0.39 is 29.1 Å². The van der Waals surface area contributed by atoms with E-state index in [0.717, 1.165) is 5.56 Å². The Bertz CT molecular complexity index is 1850. The average molecular weight is 664 g/mol. The minimum Gasteiger partial charge on any atom is -0.755 e. The van der Waals surface area contributed by atoms with Crippen molar-refractivity contribution < 1.29 is 42.0 Å². The molecule has 2 N–H and O–H groups in total. The summed E-state index contributed by atoms with van der Waals surface area (Å²) in [6, 6.07) is 7.03. The summed E-state index contributed by atoms with van der Waals surface area (Å²) in [5.41, 5.74) is 2.74. The van der Waals surface area contributed by atoms with Gasteiger partial charge in [0.15, 0.2) is 0 Å². The largest absolute Gasteiger partial charge is 0.755 e. The number of benzene rings is 2. The van der Waals surface area contributed by atoms with Gasteiger partial charge in [0.05, 0.1) is 53.9 Å². The molecule has 3 aliphatic heterocycles. The number of carboxylic acids is 1. The van der Waals surface area contributed by atoms with Crippen molar-refractivity contribution in [2.45, 2.75) is 44.2 Å². The summed E-state index contributed by atoms with van der Waals surface area (Å²) < 4.78 is 66.1. The number of aromatic carboxylic acids is 1. The Hall–Kier alpha value is -4.37. The van der Waals surface area contributed by atoms with Crippen molar-refractivity contribution in [2.24, 2.45) is 0 Å². The summed E-state index contributed by atoms with van der Waals surface area (Å²) in [4.78, 5) is 21.0. The van der Waals surface area contributed by atoms with Crippen molar-refractivity contribution in [2.75, 3.05) is 42.7 Å². The molecule has 2 fully saturated rings. The van der Waals surface area contributed by atoms with Gasteiger partial charge in [0.1, 0.15) is 23.4 Å². The van der Waals surface area contributed by atoms with Gasteiger partial charge in [-0.1, -0.05) is 0 Å². The van der Waals surface area contributed by atoms with Gasteiger partial charge in [0.25, 0.3) is 0 Å². The lowest BCUT2D eigenvalue weighted by Gasteiger charge is -2.37. The number of aromatic nitrogens is 2. The molecule has 0 bridgehead atoms. The number of hydrogen-bond donors (Lipinski definition) is 2. The molecule has 7 rings (SSSR count). The molecule has 12 nitrogen and oxygen atoms in total. The quantitative estimate of drug-likeness (QED) is 0.229. The standard InChI is InChI=1S/C33H33FN4O8S/c34-27-13-20(26-17-35-16-19-1-10-45-32(19)26)14-28-30(27)31(29(18-36-28)38(47(41)42)23-2-6-43-7-3-23)37-22-11-21(33(39)40)12-25(15-22)46-24-4-8-44-9-5-24/h11-18,23-24H,1-10H2,(H,36,37)(H,39,40)(H,41,42)/p-1. The van der Waals surface area contributed by atoms with Gasteiger partial charge in [-0.25, -0.2) is 9.18 Å². The van der Waals surface area contributed by atoms with Gasteiger partial charge in [-0.15, -0.1) is 0 Å². The minimum absolute atomic E-state index is 0.0304. The van der Waals surface area contributed by atoms with Gasteiger partial charge in [0.2, 0.25) is 0 Å². The molecule has 0 aliphatic carbocycles. The Balaban J connectivity index is 1.37. The molecule has 2 aromatic carbocycles. The molecule has 14 heteroatoms. The fourth-order valence-electron chi connectivity index (χ4n) is 6.33. The van der Waals surface area contributed by atoms with E-state index in [2.05, 4.69) is 15.3 Å². The van der Waals surface area contributed by atoms with Gasteiger partial charge in [-0.3, -0.25) is 18.5 Å². The third-order valence-electron chi connectivity index (χ3n) is 8.61. The zero-order valence-corrected chi connectivity index (χ0v) is 26.1. The number of rotatable bonds is 9. The van der Waals surface area contributed by atoms with E-state index in [0.29, 0.717) is 87.8 Å². The molecule has 2 saturated heterocycles. The molecule has 0 radical (unpaired) electrons. The zero-order chi connectivity index (χ0) is 32.5. The lowest BCUT2D eigenvalue weighted by atomic mass is 10.0. The first kappa shape index (κ1) is 31.2. The first-order valence-electron chi connectivity index (χ1n) is 15.4. The van der Waals surface area contributed by atoms with Crippen LogP contribution in [-0.2, 0) is 27.2 Å². The third-order valence-corrected chi connectivity index (χ3v) is 9.43. The fraction of sp³-hybridized carbons (Fsp3) is 0.364. The summed E-state index contributed by atoms with van der Waals surface area (Å²) in [6.07, 6.45) is 7.42. The van der Waals surface area contributed by atoms with E-state index in [9.17, 15) is 18.7 Å². The summed E-state index contributed by atoms with van der Waals surface area (Å²) in [5.74, 6) is -0.900. The molecule has 246 valence electrons. The number of nitrogens with one attached hydrogen (secondary N) is 1. The van der Waals surface area contributed by atoms with E-state index in [1.54, 1.807) is 24.5 Å². The van der Waals surface area contributed by atoms with E-state index in [-0.39, 0.29) is 39.6 Å². The Kier molecular flexibility index (Phi) is 8.90. The van der Waals surface area contributed by atoms with E-state index in [1.165, 1.54) is 28.7 Å². The Morgan fingerprint density at radius 1 is 1.02 bits per heavy atom. The Morgan fingerprint density at radius 2 is 1.79 bits per heavy atom. The topological polar surface area (TPSA) is 155 Å². The van der Waals surface area contributed by atoms with Crippen molar-refractivity contribution in [1.82, 2.24) is 9.97 Å². The number of nitrogens with zero attached hydrogens (tertiary/aromatic N) is 3. The third kappa shape index (κ3) is 6.46. The van der Waals surface area contributed by atoms with E-state index in [4.69, 9.17) is 18.9 Å². The Labute approximate surface area is 272 Å². The maximum absolute atomic E-state index is 16.5. The monoisotopic (exact) mass is 663 g/mol. The van der Waals surface area contributed by atoms with Crippen molar-refractivity contribution in [3.63, 3.8) is 0 Å². The van der Waals surface area contributed by atoms with Crippen LogP contribution in [0.3, 0.4) is 0 Å². The number of carboxylic acid groups (broad SMARTS) is 1. The summed E-state index contributed by atoms with van der Waals surface area (Å²) in [6.45, 7) is 2.30. The molecule has 3 aliphatic rings. The highest BCUT2D eigenvalue weighted by Gasteiger charge is 2.28. The van der Waals surface area contributed by atoms with Crippen molar-refractivity contribution in [1.29, 1.82) is 0 Å². The highest BCUT2D eigenvalue weighted by atomic mass is 32.2. The predicted octanol–water partition coefficient (Wildman–Crippen LogP) is 5.15. The van der Waals surface area contributed by atoms with Crippen LogP contribution in [0, 0.1) is 5.82 Å². The van der Waals surface area contributed by atoms with Gasteiger partial charge in [-0.05, 0) is 42.7 Å². The van der Waals surface area contributed by atoms with Crippen LogP contribution in [0.1, 0.15) is 41.6 Å². The van der Waals surface area contributed by atoms with Gasteiger partial charge >= 0.3 is 5.97 Å². The number of ether oxygens (including phenoxy) is 4. The molecule has 1 atom stereocenters. The molecule has 2 aromatic heterocycles. The maximum Gasteiger partial charge on any atom is 0.335 e. The highest BCUT2D eigenvalue weighted by molar-refractivity contribution is 7.80. The molecule has 0 saturated carbocycles. The normalized spacial score (nSPS) is 17.6. The second-order valence-electron chi connectivity index (χ2n) is 11.6. The summed E-state index contributed by atoms with van der Waals surface area (Å²) >= 11 is -2.76. The second kappa shape index (κ2) is 13.4. The van der Waals surface area contributed by atoms with Crippen molar-refractivity contribution in [3.05, 3.63) is 65.9 Å². The summed E-state index contributed by atoms with van der Waals surface area (Å²) in [7, 11) is 0. The molecular formula is C33H32FN4O8S-.